The minimum Gasteiger partial charge on any atom is -0.463 e. The van der Waals surface area contributed by atoms with Gasteiger partial charge in [0.05, 0.1) is 17.7 Å². The van der Waals surface area contributed by atoms with Gasteiger partial charge in [-0.1, -0.05) is 55.4 Å². The molecular formula is C22H45N3O3. The molecule has 0 atom stereocenters. The molecule has 1 heterocycles. The van der Waals surface area contributed by atoms with Crippen LogP contribution in [0.15, 0.2) is 6.07 Å². The van der Waals surface area contributed by atoms with Gasteiger partial charge in [-0.2, -0.15) is 9.78 Å². The topological polar surface area (TPSA) is 73.2 Å². The summed E-state index contributed by atoms with van der Waals surface area (Å²) in [4.78, 5) is 23.5. The van der Waals surface area contributed by atoms with Crippen LogP contribution in [0.4, 0.5) is 4.79 Å². The van der Waals surface area contributed by atoms with Gasteiger partial charge in [-0.25, -0.2) is 4.79 Å². The summed E-state index contributed by atoms with van der Waals surface area (Å²) in [5.41, 5.74) is 1.07. The average Bonchev–Trinajstić information content (AvgIpc) is 2.96. The van der Waals surface area contributed by atoms with Gasteiger partial charge in [0.1, 0.15) is 6.61 Å². The Hall–Kier alpha value is -1.85. The highest BCUT2D eigenvalue weighted by Crippen LogP contribution is 2.21. The van der Waals surface area contributed by atoms with Crippen molar-refractivity contribution in [2.45, 2.75) is 89.5 Å². The van der Waals surface area contributed by atoms with Crippen molar-refractivity contribution < 1.29 is 14.3 Å². The number of carbonyl (C=O) groups excluding carboxylic acids is 2. The Morgan fingerprint density at radius 1 is 1.18 bits per heavy atom. The lowest BCUT2D eigenvalue weighted by molar-refractivity contribution is -0.153. The van der Waals surface area contributed by atoms with E-state index in [1.54, 1.807) is 0 Å². The van der Waals surface area contributed by atoms with E-state index in [0.29, 0.717) is 6.42 Å². The summed E-state index contributed by atoms with van der Waals surface area (Å²) in [7, 11) is 0. The summed E-state index contributed by atoms with van der Waals surface area (Å²) in [5.74, 6) is 0.686. The molecule has 0 aromatic carbocycles. The molecule has 1 aromatic heterocycles. The van der Waals surface area contributed by atoms with E-state index >= 15 is 0 Å². The number of nitrogens with zero attached hydrogens (tertiary/aromatic N) is 2. The van der Waals surface area contributed by atoms with Crippen LogP contribution in [0.2, 0.25) is 0 Å². The van der Waals surface area contributed by atoms with Crippen LogP contribution in [0, 0.1) is 25.2 Å². The van der Waals surface area contributed by atoms with Crippen LogP contribution < -0.4 is 5.32 Å². The summed E-state index contributed by atoms with van der Waals surface area (Å²) < 4.78 is 6.43. The minimum absolute atomic E-state index is 0. The van der Waals surface area contributed by atoms with E-state index in [1.165, 1.54) is 17.5 Å². The predicted octanol–water partition coefficient (Wildman–Crippen LogP) is 5.75. The fourth-order valence-electron chi connectivity index (χ4n) is 1.84. The van der Waals surface area contributed by atoms with Gasteiger partial charge in [0.25, 0.3) is 0 Å². The predicted molar refractivity (Wildman–Crippen MR) is 119 cm³/mol. The largest absolute Gasteiger partial charge is 0.463 e. The maximum Gasteiger partial charge on any atom is 0.342 e. The number of ether oxygens (including phenoxy) is 1. The van der Waals surface area contributed by atoms with Gasteiger partial charge in [0, 0.05) is 5.69 Å². The van der Waals surface area contributed by atoms with Crippen molar-refractivity contribution in [2.24, 2.45) is 11.3 Å². The highest BCUT2D eigenvalue weighted by atomic mass is 16.5. The molecule has 0 aliphatic heterocycles. The van der Waals surface area contributed by atoms with E-state index in [1.807, 2.05) is 40.7 Å². The van der Waals surface area contributed by atoms with Gasteiger partial charge in [-0.3, -0.25) is 4.79 Å². The number of aromatic nitrogens is 2. The molecule has 0 aliphatic rings. The standard InChI is InChI=1S/C14H23N3O3.C6H14.2CH4/c1-6-14(4,5)12(18)20-8-7-15-13(19)17-11(3)9-10(2)16-17;1-4-6(3)5-2;;/h9H,6-8H2,1-5H3,(H,15,19);6H,4-5H2,1-3H3;2*1H4. The number of aryl methyl sites for hydroxylation is 2. The van der Waals surface area contributed by atoms with E-state index in [2.05, 4.69) is 31.2 Å². The number of hydrogen-bond acceptors (Lipinski definition) is 4. The highest BCUT2D eigenvalue weighted by Gasteiger charge is 2.26. The Morgan fingerprint density at radius 2 is 1.71 bits per heavy atom. The van der Waals surface area contributed by atoms with Crippen molar-refractivity contribution in [1.29, 1.82) is 0 Å². The van der Waals surface area contributed by atoms with Crippen molar-refractivity contribution >= 4 is 12.0 Å². The third kappa shape index (κ3) is 11.1. The molecule has 0 fully saturated rings. The molecule has 0 saturated carbocycles. The zero-order valence-corrected chi connectivity index (χ0v) is 17.8. The molecule has 0 unspecified atom stereocenters. The summed E-state index contributed by atoms with van der Waals surface area (Å²) >= 11 is 0. The van der Waals surface area contributed by atoms with Crippen LogP contribution >= 0.6 is 0 Å². The minimum atomic E-state index is -0.486. The lowest BCUT2D eigenvalue weighted by atomic mass is 9.91. The summed E-state index contributed by atoms with van der Waals surface area (Å²) in [6, 6.07) is 1.50. The van der Waals surface area contributed by atoms with E-state index in [-0.39, 0.29) is 40.0 Å². The number of rotatable bonds is 7. The second kappa shape index (κ2) is 15.1. The molecule has 1 aromatic rings. The van der Waals surface area contributed by atoms with Crippen LogP contribution in [0.3, 0.4) is 0 Å². The number of carbonyl (C=O) groups is 2. The number of nitrogens with one attached hydrogen (secondary N) is 1. The van der Waals surface area contributed by atoms with Crippen LogP contribution in [-0.4, -0.2) is 34.9 Å². The third-order valence-electron chi connectivity index (χ3n) is 4.64. The Labute approximate surface area is 173 Å². The lowest BCUT2D eigenvalue weighted by Gasteiger charge is -2.20. The molecular weight excluding hydrogens is 354 g/mol. The molecule has 1 N–H and O–H groups in total. The second-order valence-electron chi connectivity index (χ2n) is 7.37. The monoisotopic (exact) mass is 399 g/mol. The van der Waals surface area contributed by atoms with Crippen LogP contribution in [0.25, 0.3) is 0 Å². The normalized spacial score (nSPS) is 10.2. The molecule has 6 nitrogen and oxygen atoms in total. The molecule has 1 rings (SSSR count). The first kappa shape index (κ1) is 30.9. The van der Waals surface area contributed by atoms with E-state index < -0.39 is 5.41 Å². The fourth-order valence-corrected chi connectivity index (χ4v) is 1.84. The maximum atomic E-state index is 11.8. The number of hydrogen-bond donors (Lipinski definition) is 1. The average molecular weight is 400 g/mol. The SMILES string of the molecule is C.C.CCC(C)(C)C(=O)OCCNC(=O)n1nc(C)cc1C.CCC(C)CC. The zero-order chi connectivity index (χ0) is 20.3. The lowest BCUT2D eigenvalue weighted by Crippen LogP contribution is -2.34. The second-order valence-corrected chi connectivity index (χ2v) is 7.37. The molecule has 28 heavy (non-hydrogen) atoms. The van der Waals surface area contributed by atoms with Gasteiger partial charge in [-0.15, -0.1) is 0 Å². The smallest absolute Gasteiger partial charge is 0.342 e. The first-order valence-corrected chi connectivity index (χ1v) is 9.57. The first-order valence-electron chi connectivity index (χ1n) is 9.57. The van der Waals surface area contributed by atoms with Crippen LogP contribution in [0.5, 0.6) is 0 Å². The Kier molecular flexibility index (Phi) is 16.7. The van der Waals surface area contributed by atoms with E-state index in [9.17, 15) is 9.59 Å². The van der Waals surface area contributed by atoms with Gasteiger partial charge in [0.2, 0.25) is 0 Å². The number of esters is 1. The molecule has 0 spiro atoms. The van der Waals surface area contributed by atoms with Gasteiger partial charge in [0.15, 0.2) is 0 Å². The zero-order valence-electron chi connectivity index (χ0n) is 17.8. The van der Waals surface area contributed by atoms with Gasteiger partial charge in [-0.05, 0) is 46.1 Å². The van der Waals surface area contributed by atoms with E-state index in [0.717, 1.165) is 17.3 Å². The molecule has 0 saturated heterocycles. The molecule has 0 bridgehead atoms. The maximum absolute atomic E-state index is 11.8. The van der Waals surface area contributed by atoms with Gasteiger partial charge < -0.3 is 10.1 Å². The van der Waals surface area contributed by atoms with Crippen molar-refractivity contribution in [1.82, 2.24) is 15.1 Å². The van der Waals surface area contributed by atoms with E-state index in [4.69, 9.17) is 4.74 Å². The van der Waals surface area contributed by atoms with Crippen molar-refractivity contribution in [3.8, 4) is 0 Å². The Balaban J connectivity index is -0.000000682. The fraction of sp³-hybridized carbons (Fsp3) is 0.773. The first-order chi connectivity index (χ1) is 12.1. The molecule has 6 heteroatoms. The summed E-state index contributed by atoms with van der Waals surface area (Å²) in [6.07, 6.45) is 3.37. The Morgan fingerprint density at radius 3 is 2.07 bits per heavy atom. The molecule has 0 radical (unpaired) electrons. The summed E-state index contributed by atoms with van der Waals surface area (Å²) in [6.45, 7) is 16.4. The molecule has 1 amide bonds. The number of amides is 1. The highest BCUT2D eigenvalue weighted by molar-refractivity contribution is 5.77. The van der Waals surface area contributed by atoms with Crippen LogP contribution in [0.1, 0.15) is 87.0 Å². The van der Waals surface area contributed by atoms with Crippen molar-refractivity contribution in [3.05, 3.63) is 17.5 Å². The van der Waals surface area contributed by atoms with Crippen molar-refractivity contribution in [3.63, 3.8) is 0 Å². The van der Waals surface area contributed by atoms with Gasteiger partial charge >= 0.3 is 12.0 Å². The Bertz CT molecular complexity index is 561. The third-order valence-corrected chi connectivity index (χ3v) is 4.64. The van der Waals surface area contributed by atoms with Crippen molar-refractivity contribution in [2.75, 3.05) is 13.2 Å². The molecule has 0 aliphatic carbocycles. The quantitative estimate of drug-likeness (QED) is 0.468. The summed E-state index contributed by atoms with van der Waals surface area (Å²) in [5, 5.41) is 6.74. The molecule has 166 valence electrons. The van der Waals surface area contributed by atoms with Crippen LogP contribution in [-0.2, 0) is 9.53 Å².